The van der Waals surface area contributed by atoms with E-state index in [1.54, 1.807) is 13.1 Å². The van der Waals surface area contributed by atoms with Crippen LogP contribution in [0.4, 0.5) is 0 Å². The van der Waals surface area contributed by atoms with Crippen LogP contribution in [0, 0.1) is 0 Å². The van der Waals surface area contributed by atoms with E-state index in [9.17, 15) is 0 Å². The fraction of sp³-hybridized carbons (Fsp3) is 0.500. The number of nitrogens with zero attached hydrogens (tertiary/aromatic N) is 2. The lowest BCUT2D eigenvalue weighted by atomic mass is 10.9. The van der Waals surface area contributed by atoms with Crippen molar-refractivity contribution in [3.05, 3.63) is 0 Å². The molecule has 3 nitrogen and oxygen atoms in total. The lowest BCUT2D eigenvalue weighted by Gasteiger charge is -1.85. The second kappa shape index (κ2) is 4.64. The van der Waals surface area contributed by atoms with E-state index >= 15 is 0 Å². The Kier molecular flexibility index (Phi) is 4.35. The number of nitrogens with two attached hydrogens (primary N) is 1. The van der Waals surface area contributed by atoms with E-state index < -0.39 is 0 Å². The van der Waals surface area contributed by atoms with Crippen LogP contribution >= 0.6 is 11.8 Å². The molecule has 0 aromatic carbocycles. The Balaban J connectivity index is 3.57. The maximum atomic E-state index is 5.26. The predicted molar refractivity (Wildman–Crippen MR) is 39.3 cm³/mol. The normalized spacial score (nSPS) is 13.0. The first kappa shape index (κ1) is 7.49. The molecule has 0 aliphatic carbocycles. The number of amidine groups is 1. The fourth-order valence-electron chi connectivity index (χ4n) is 0.155. The van der Waals surface area contributed by atoms with Crippen LogP contribution in [0.5, 0.6) is 0 Å². The molecule has 46 valence electrons. The zero-order valence-electron chi connectivity index (χ0n) is 4.96. The van der Waals surface area contributed by atoms with Crippen LogP contribution in [0.25, 0.3) is 0 Å². The fourth-order valence-corrected chi connectivity index (χ4v) is 0.284. The van der Waals surface area contributed by atoms with Gasteiger partial charge in [0.05, 0.1) is 0 Å². The quantitative estimate of drug-likeness (QED) is 0.323. The summed E-state index contributed by atoms with van der Waals surface area (Å²) in [5.74, 6) is 0. The summed E-state index contributed by atoms with van der Waals surface area (Å²) >= 11 is 1.38. The summed E-state index contributed by atoms with van der Waals surface area (Å²) in [5, 5.41) is 7.64. The molecule has 0 unspecified atom stereocenters. The Morgan fingerprint density at radius 3 is 2.75 bits per heavy atom. The van der Waals surface area contributed by atoms with E-state index in [4.69, 9.17) is 5.73 Å². The Morgan fingerprint density at radius 2 is 2.38 bits per heavy atom. The molecular weight excluding hydrogens is 122 g/mol. The van der Waals surface area contributed by atoms with Gasteiger partial charge in [-0.2, -0.15) is 5.10 Å². The van der Waals surface area contributed by atoms with E-state index in [-0.39, 0.29) is 0 Å². The topological polar surface area (TPSA) is 50.7 Å². The third-order valence-corrected chi connectivity index (χ3v) is 0.981. The summed E-state index contributed by atoms with van der Waals surface area (Å²) in [6, 6.07) is 0. The highest BCUT2D eigenvalue weighted by Crippen LogP contribution is 1.89. The molecule has 0 atom stereocenters. The van der Waals surface area contributed by atoms with Gasteiger partial charge in [0.15, 0.2) is 5.17 Å². The first-order chi connectivity index (χ1) is 3.81. The average molecular weight is 131 g/mol. The molecule has 0 spiro atoms. The Labute approximate surface area is 53.1 Å². The van der Waals surface area contributed by atoms with Crippen molar-refractivity contribution in [1.82, 2.24) is 0 Å². The van der Waals surface area contributed by atoms with Crippen LogP contribution in [0.2, 0.25) is 0 Å². The largest absolute Gasteiger partial charge is 0.377 e. The van der Waals surface area contributed by atoms with Crippen LogP contribution < -0.4 is 5.73 Å². The zero-order valence-corrected chi connectivity index (χ0v) is 5.77. The van der Waals surface area contributed by atoms with Gasteiger partial charge in [-0.05, 0) is 13.2 Å². The zero-order chi connectivity index (χ0) is 6.41. The van der Waals surface area contributed by atoms with Crippen LogP contribution in [-0.4, -0.2) is 17.6 Å². The van der Waals surface area contributed by atoms with Crippen LogP contribution in [0.15, 0.2) is 10.2 Å². The number of hydrogen-bond acceptors (Lipinski definition) is 3. The van der Waals surface area contributed by atoms with Gasteiger partial charge in [0.25, 0.3) is 0 Å². The summed E-state index contributed by atoms with van der Waals surface area (Å²) in [6.45, 7) is 1.79. The van der Waals surface area contributed by atoms with Crippen LogP contribution in [0.3, 0.4) is 0 Å². The van der Waals surface area contributed by atoms with Gasteiger partial charge in [0, 0.05) is 6.21 Å². The molecule has 0 bridgehead atoms. The minimum atomic E-state index is 0.489. The second-order valence-electron chi connectivity index (χ2n) is 1.02. The van der Waals surface area contributed by atoms with E-state index in [1.165, 1.54) is 11.8 Å². The van der Waals surface area contributed by atoms with E-state index in [0.29, 0.717) is 5.17 Å². The summed E-state index contributed by atoms with van der Waals surface area (Å²) < 4.78 is 0. The molecule has 0 aromatic heterocycles. The molecule has 8 heavy (non-hydrogen) atoms. The molecule has 0 saturated carbocycles. The first-order valence-electron chi connectivity index (χ1n) is 2.16. The second-order valence-corrected chi connectivity index (χ2v) is 1.84. The Hall–Kier alpha value is -0.510. The van der Waals surface area contributed by atoms with Crippen LogP contribution in [-0.2, 0) is 0 Å². The number of rotatable bonds is 1. The predicted octanol–water partition coefficient (Wildman–Crippen LogP) is 0.670. The Bertz CT molecular complexity index is 108. The van der Waals surface area contributed by atoms with Crippen molar-refractivity contribution in [2.45, 2.75) is 6.92 Å². The molecule has 0 saturated heterocycles. The summed E-state index contributed by atoms with van der Waals surface area (Å²) in [5.41, 5.74) is 5.26. The van der Waals surface area contributed by atoms with Gasteiger partial charge in [0.1, 0.15) is 0 Å². The van der Waals surface area contributed by atoms with Gasteiger partial charge >= 0.3 is 0 Å². The summed E-state index contributed by atoms with van der Waals surface area (Å²) in [6.07, 6.45) is 3.44. The molecule has 2 N–H and O–H groups in total. The highest BCUT2D eigenvalue weighted by Gasteiger charge is 1.79. The van der Waals surface area contributed by atoms with E-state index in [0.717, 1.165) is 0 Å². The van der Waals surface area contributed by atoms with Crippen molar-refractivity contribution < 1.29 is 0 Å². The first-order valence-corrected chi connectivity index (χ1v) is 3.38. The molecule has 0 fully saturated rings. The van der Waals surface area contributed by atoms with Gasteiger partial charge in [0.2, 0.25) is 0 Å². The average Bonchev–Trinajstić information content (AvgIpc) is 1.83. The van der Waals surface area contributed by atoms with Crippen molar-refractivity contribution in [3.8, 4) is 0 Å². The third kappa shape index (κ3) is 3.67. The summed E-state index contributed by atoms with van der Waals surface area (Å²) in [7, 11) is 0. The molecule has 0 radical (unpaired) electrons. The molecule has 0 aliphatic rings. The minimum absolute atomic E-state index is 0.489. The van der Waals surface area contributed by atoms with Crippen molar-refractivity contribution >= 4 is 23.1 Å². The van der Waals surface area contributed by atoms with Gasteiger partial charge in [-0.15, -0.1) is 5.10 Å². The van der Waals surface area contributed by atoms with Gasteiger partial charge in [-0.1, -0.05) is 11.8 Å². The van der Waals surface area contributed by atoms with Crippen molar-refractivity contribution in [2.75, 3.05) is 6.26 Å². The van der Waals surface area contributed by atoms with Crippen molar-refractivity contribution in [2.24, 2.45) is 15.9 Å². The van der Waals surface area contributed by atoms with E-state index in [1.807, 2.05) is 6.26 Å². The van der Waals surface area contributed by atoms with Crippen LogP contribution in [0.1, 0.15) is 6.92 Å². The number of hydrogen-bond donors (Lipinski definition) is 1. The van der Waals surface area contributed by atoms with Gasteiger partial charge in [-0.25, -0.2) is 0 Å². The molecule has 0 amide bonds. The molecule has 0 heterocycles. The lowest BCUT2D eigenvalue weighted by molar-refractivity contribution is 1.25. The van der Waals surface area contributed by atoms with Crippen molar-refractivity contribution in [1.29, 1.82) is 0 Å². The van der Waals surface area contributed by atoms with E-state index in [2.05, 4.69) is 10.2 Å². The highest BCUT2D eigenvalue weighted by molar-refractivity contribution is 8.13. The monoisotopic (exact) mass is 131 g/mol. The molecular formula is C4H9N3S. The molecule has 0 aliphatic heterocycles. The minimum Gasteiger partial charge on any atom is -0.377 e. The maximum Gasteiger partial charge on any atom is 0.180 e. The lowest BCUT2D eigenvalue weighted by Crippen LogP contribution is -2.03. The van der Waals surface area contributed by atoms with Crippen molar-refractivity contribution in [3.63, 3.8) is 0 Å². The summed E-state index contributed by atoms with van der Waals surface area (Å²) in [4.78, 5) is 0. The molecule has 0 aromatic rings. The smallest absolute Gasteiger partial charge is 0.180 e. The molecule has 0 rings (SSSR count). The van der Waals surface area contributed by atoms with Gasteiger partial charge < -0.3 is 5.73 Å². The number of thioether (sulfide) groups is 1. The SMILES string of the molecule is C/C=N/N=C(\N)SC. The molecule has 4 heteroatoms. The third-order valence-electron chi connectivity index (χ3n) is 0.481. The highest BCUT2D eigenvalue weighted by atomic mass is 32.2. The van der Waals surface area contributed by atoms with Gasteiger partial charge in [-0.3, -0.25) is 0 Å². The standard InChI is InChI=1S/C4H9N3S/c1-3-6-7-4(5)8-2/h3H,1-2H3,(H2,5,7)/b6-3+. The Morgan fingerprint density at radius 1 is 1.75 bits per heavy atom. The maximum absolute atomic E-state index is 5.26.